The van der Waals surface area contributed by atoms with Crippen LogP contribution in [-0.2, 0) is 11.4 Å². The van der Waals surface area contributed by atoms with Gasteiger partial charge in [0.1, 0.15) is 0 Å². The van der Waals surface area contributed by atoms with Gasteiger partial charge in [-0.1, -0.05) is 6.07 Å². The smallest absolute Gasteiger partial charge is 0.413 e. The van der Waals surface area contributed by atoms with Gasteiger partial charge in [0.15, 0.2) is 18.2 Å². The molecule has 0 fully saturated rings. The summed E-state index contributed by atoms with van der Waals surface area (Å²) in [6.45, 7) is -1.51. The molecule has 7 heteroatoms. The molecule has 0 aliphatic carbocycles. The fourth-order valence-electron chi connectivity index (χ4n) is 0.928. The van der Waals surface area contributed by atoms with Gasteiger partial charge < -0.3 is 5.11 Å². The third kappa shape index (κ3) is 4.45. The number of alkyl halides is 3. The lowest BCUT2D eigenvalue weighted by Gasteiger charge is -2.08. The van der Waals surface area contributed by atoms with Crippen LogP contribution in [0.2, 0.25) is 0 Å². The van der Waals surface area contributed by atoms with E-state index in [4.69, 9.17) is 5.11 Å². The van der Waals surface area contributed by atoms with Gasteiger partial charge >= 0.3 is 6.18 Å². The molecule has 0 radical (unpaired) electrons. The Hall–Kier alpha value is -1.34. The van der Waals surface area contributed by atoms with Crippen molar-refractivity contribution in [3.63, 3.8) is 0 Å². The average Bonchev–Trinajstić information content (AvgIpc) is 2.17. The maximum atomic E-state index is 12.8. The van der Waals surface area contributed by atoms with Gasteiger partial charge in [-0.05, 0) is 17.7 Å². The molecule has 2 N–H and O–H groups in total. The Bertz CT molecular complexity index is 354. The van der Waals surface area contributed by atoms with Crippen LogP contribution in [0.3, 0.4) is 0 Å². The van der Waals surface area contributed by atoms with E-state index in [1.54, 1.807) is 0 Å². The minimum Gasteiger partial charge on any atom is -0.505 e. The molecular weight excluding hydrogens is 230 g/mol. The van der Waals surface area contributed by atoms with Crippen molar-refractivity contribution in [2.75, 3.05) is 6.61 Å². The van der Waals surface area contributed by atoms with Gasteiger partial charge in [0.2, 0.25) is 0 Å². The first-order valence-electron chi connectivity index (χ1n) is 4.27. The molecule has 1 rings (SSSR count). The lowest BCUT2D eigenvalue weighted by molar-refractivity contribution is -0.190. The van der Waals surface area contributed by atoms with Gasteiger partial charge in [0.05, 0.1) is 0 Å². The van der Waals surface area contributed by atoms with Gasteiger partial charge in [-0.15, -0.1) is 0 Å². The van der Waals surface area contributed by atoms with Crippen LogP contribution >= 0.6 is 0 Å². The summed E-state index contributed by atoms with van der Waals surface area (Å²) in [6, 6.07) is 3.47. The summed E-state index contributed by atoms with van der Waals surface area (Å²) in [5.74, 6) is -1.35. The Morgan fingerprint density at radius 3 is 2.56 bits per heavy atom. The summed E-state index contributed by atoms with van der Waals surface area (Å²) in [7, 11) is 0. The minimum absolute atomic E-state index is 0.0900. The number of benzene rings is 1. The topological polar surface area (TPSA) is 41.5 Å². The highest BCUT2D eigenvalue weighted by Gasteiger charge is 2.27. The number of halogens is 4. The molecule has 0 aromatic heterocycles. The maximum absolute atomic E-state index is 12.8. The third-order valence-corrected chi connectivity index (χ3v) is 1.63. The van der Waals surface area contributed by atoms with E-state index in [2.05, 4.69) is 4.84 Å². The van der Waals surface area contributed by atoms with E-state index >= 15 is 0 Å². The van der Waals surface area contributed by atoms with Gasteiger partial charge in [0.25, 0.3) is 0 Å². The largest absolute Gasteiger partial charge is 0.505 e. The van der Waals surface area contributed by atoms with Crippen molar-refractivity contribution in [3.8, 4) is 5.75 Å². The minimum atomic E-state index is -4.41. The third-order valence-electron chi connectivity index (χ3n) is 1.63. The average molecular weight is 239 g/mol. The molecule has 0 saturated carbocycles. The zero-order valence-electron chi connectivity index (χ0n) is 8.01. The molecular formula is C9H9F4NO2. The van der Waals surface area contributed by atoms with E-state index in [9.17, 15) is 17.6 Å². The van der Waals surface area contributed by atoms with Crippen LogP contribution in [0.15, 0.2) is 18.2 Å². The zero-order valence-corrected chi connectivity index (χ0v) is 8.01. The Kier molecular flexibility index (Phi) is 4.08. The quantitative estimate of drug-likeness (QED) is 0.480. The van der Waals surface area contributed by atoms with Crippen molar-refractivity contribution in [2.24, 2.45) is 0 Å². The first-order valence-corrected chi connectivity index (χ1v) is 4.27. The van der Waals surface area contributed by atoms with Crippen LogP contribution in [0.1, 0.15) is 5.56 Å². The van der Waals surface area contributed by atoms with Crippen molar-refractivity contribution < 1.29 is 27.5 Å². The van der Waals surface area contributed by atoms with E-state index < -0.39 is 24.3 Å². The van der Waals surface area contributed by atoms with Gasteiger partial charge in [-0.2, -0.15) is 18.7 Å². The van der Waals surface area contributed by atoms with Crippen LogP contribution in [0.5, 0.6) is 5.75 Å². The highest BCUT2D eigenvalue weighted by molar-refractivity contribution is 5.27. The molecule has 16 heavy (non-hydrogen) atoms. The molecule has 0 atom stereocenters. The molecule has 0 spiro atoms. The lowest BCUT2D eigenvalue weighted by atomic mass is 10.2. The highest BCUT2D eigenvalue weighted by atomic mass is 19.4. The molecule has 1 aromatic carbocycles. The summed E-state index contributed by atoms with van der Waals surface area (Å²) in [6.07, 6.45) is -4.41. The van der Waals surface area contributed by atoms with Crippen LogP contribution in [0.25, 0.3) is 0 Å². The highest BCUT2D eigenvalue weighted by Crippen LogP contribution is 2.16. The molecule has 0 heterocycles. The predicted octanol–water partition coefficient (Wildman–Crippen LogP) is 2.11. The molecule has 0 aliphatic heterocycles. The molecule has 0 unspecified atom stereocenters. The normalized spacial score (nSPS) is 11.8. The molecule has 0 saturated heterocycles. The maximum Gasteiger partial charge on any atom is 0.413 e. The zero-order chi connectivity index (χ0) is 12.2. The van der Waals surface area contributed by atoms with Crippen molar-refractivity contribution in [1.29, 1.82) is 0 Å². The molecule has 1 aromatic rings. The summed E-state index contributed by atoms with van der Waals surface area (Å²) in [5, 5.41) is 8.85. The Balaban J connectivity index is 2.35. The number of hydrogen-bond donors (Lipinski definition) is 2. The van der Waals surface area contributed by atoms with E-state index in [0.717, 1.165) is 12.1 Å². The molecule has 90 valence electrons. The number of phenolic OH excluding ortho intramolecular Hbond substituents is 1. The predicted molar refractivity (Wildman–Crippen MR) is 46.9 cm³/mol. The van der Waals surface area contributed by atoms with Gasteiger partial charge in [0, 0.05) is 6.54 Å². The van der Waals surface area contributed by atoms with Crippen LogP contribution in [0, 0.1) is 5.82 Å². The monoisotopic (exact) mass is 239 g/mol. The van der Waals surface area contributed by atoms with Crippen molar-refractivity contribution in [1.82, 2.24) is 5.48 Å². The number of rotatable bonds is 4. The second-order valence-corrected chi connectivity index (χ2v) is 3.01. The van der Waals surface area contributed by atoms with Crippen LogP contribution < -0.4 is 5.48 Å². The molecule has 3 nitrogen and oxygen atoms in total. The summed E-state index contributed by atoms with van der Waals surface area (Å²) >= 11 is 0. The van der Waals surface area contributed by atoms with E-state index in [0.29, 0.717) is 5.56 Å². The number of phenols is 1. The van der Waals surface area contributed by atoms with Crippen LogP contribution in [0.4, 0.5) is 17.6 Å². The van der Waals surface area contributed by atoms with Crippen molar-refractivity contribution in [3.05, 3.63) is 29.6 Å². The SMILES string of the molecule is Oc1ccc(CNOCC(F)(F)F)cc1F. The second-order valence-electron chi connectivity index (χ2n) is 3.01. The van der Waals surface area contributed by atoms with Crippen LogP contribution in [-0.4, -0.2) is 17.9 Å². The van der Waals surface area contributed by atoms with E-state index in [1.165, 1.54) is 6.07 Å². The molecule has 0 aliphatic rings. The Morgan fingerprint density at radius 2 is 2.00 bits per heavy atom. The lowest BCUT2D eigenvalue weighted by Crippen LogP contribution is -2.24. The Morgan fingerprint density at radius 1 is 1.31 bits per heavy atom. The fraction of sp³-hybridized carbons (Fsp3) is 0.333. The summed E-state index contributed by atoms with van der Waals surface area (Å²) in [5.41, 5.74) is 2.40. The van der Waals surface area contributed by atoms with E-state index in [1.807, 2.05) is 5.48 Å². The molecule has 0 bridgehead atoms. The second kappa shape index (κ2) is 5.13. The van der Waals surface area contributed by atoms with Crippen molar-refractivity contribution >= 4 is 0 Å². The molecule has 0 amide bonds. The van der Waals surface area contributed by atoms with Crippen molar-refractivity contribution in [2.45, 2.75) is 12.7 Å². The fourth-order valence-corrected chi connectivity index (χ4v) is 0.928. The number of nitrogens with one attached hydrogen (secondary N) is 1. The standard InChI is InChI=1S/C9H9F4NO2/c10-7-3-6(1-2-8(7)15)4-14-16-5-9(11,12)13/h1-3,14-15H,4-5H2. The van der Waals surface area contributed by atoms with Gasteiger partial charge in [-0.25, -0.2) is 4.39 Å². The van der Waals surface area contributed by atoms with E-state index in [-0.39, 0.29) is 6.54 Å². The Labute approximate surface area is 88.6 Å². The number of hydrogen-bond acceptors (Lipinski definition) is 3. The number of hydroxylamine groups is 1. The van der Waals surface area contributed by atoms with Gasteiger partial charge in [-0.3, -0.25) is 4.84 Å². The summed E-state index contributed by atoms with van der Waals surface area (Å²) < 4.78 is 47.7. The first kappa shape index (κ1) is 12.7. The first-order chi connectivity index (χ1) is 7.38. The number of aromatic hydroxyl groups is 1. The summed E-state index contributed by atoms with van der Waals surface area (Å²) in [4.78, 5) is 4.11.